The average Bonchev–Trinajstić information content (AvgIpc) is 2.92. The van der Waals surface area contributed by atoms with Crippen LogP contribution in [0.5, 0.6) is 0 Å². The summed E-state index contributed by atoms with van der Waals surface area (Å²) in [7, 11) is 0. The molecule has 0 aliphatic heterocycles. The van der Waals surface area contributed by atoms with Crippen LogP contribution in [0.4, 0.5) is 8.78 Å². The van der Waals surface area contributed by atoms with Crippen molar-refractivity contribution in [3.63, 3.8) is 0 Å². The van der Waals surface area contributed by atoms with Crippen LogP contribution in [0, 0.1) is 17.6 Å². The molecule has 0 atom stereocenters. The standard InChI is InChI=1S/C11H10F2O.Mg/c12-9-4-3-8(10(13)6-9)5-11(14)7-1-2-7;/h3-4,6-7H,1-2,5H2;. The molecule has 0 amide bonds. The average molecular weight is 221 g/mol. The minimum atomic E-state index is -0.626. The zero-order valence-electron chi connectivity index (χ0n) is 8.30. The number of rotatable bonds is 3. The van der Waals surface area contributed by atoms with Gasteiger partial charge >= 0.3 is 0 Å². The lowest BCUT2D eigenvalue weighted by Gasteiger charge is -2.01. The molecule has 4 heteroatoms. The smallest absolute Gasteiger partial charge is 0.140 e. The van der Waals surface area contributed by atoms with Crippen molar-refractivity contribution in [2.45, 2.75) is 19.3 Å². The van der Waals surface area contributed by atoms with Crippen molar-refractivity contribution in [2.75, 3.05) is 0 Å². The molecule has 1 aromatic rings. The van der Waals surface area contributed by atoms with Crippen LogP contribution in [-0.4, -0.2) is 28.8 Å². The maximum Gasteiger partial charge on any atom is 0.140 e. The highest BCUT2D eigenvalue weighted by atomic mass is 24.3. The van der Waals surface area contributed by atoms with Gasteiger partial charge in [-0.3, -0.25) is 4.79 Å². The number of benzene rings is 1. The molecular weight excluding hydrogens is 210 g/mol. The number of halogens is 2. The van der Waals surface area contributed by atoms with E-state index in [1.165, 1.54) is 12.1 Å². The Hall–Kier alpha value is -0.484. The van der Waals surface area contributed by atoms with E-state index >= 15 is 0 Å². The molecule has 2 radical (unpaired) electrons. The highest BCUT2D eigenvalue weighted by Gasteiger charge is 2.29. The summed E-state index contributed by atoms with van der Waals surface area (Å²) in [5.74, 6) is -1.04. The predicted molar refractivity (Wildman–Crippen MR) is 53.5 cm³/mol. The quantitative estimate of drug-likeness (QED) is 0.713. The summed E-state index contributed by atoms with van der Waals surface area (Å²) in [6.45, 7) is 0. The monoisotopic (exact) mass is 220 g/mol. The third-order valence-electron chi connectivity index (χ3n) is 2.41. The second-order valence-electron chi connectivity index (χ2n) is 3.65. The minimum absolute atomic E-state index is 0. The second-order valence-corrected chi connectivity index (χ2v) is 3.65. The first-order chi connectivity index (χ1) is 6.66. The number of hydrogen-bond acceptors (Lipinski definition) is 1. The Labute approximate surface area is 103 Å². The second kappa shape index (κ2) is 5.03. The summed E-state index contributed by atoms with van der Waals surface area (Å²) < 4.78 is 25.6. The third kappa shape index (κ3) is 3.24. The maximum absolute atomic E-state index is 13.1. The van der Waals surface area contributed by atoms with Crippen LogP contribution in [-0.2, 0) is 11.2 Å². The molecule has 1 nitrogen and oxygen atoms in total. The van der Waals surface area contributed by atoms with Crippen LogP contribution >= 0.6 is 0 Å². The Kier molecular flexibility index (Phi) is 4.22. The molecule has 0 bridgehead atoms. The van der Waals surface area contributed by atoms with Gasteiger partial charge in [0.15, 0.2) is 0 Å². The summed E-state index contributed by atoms with van der Waals surface area (Å²) in [6.07, 6.45) is 1.93. The number of Topliss-reactive ketones (excluding diaryl/α,β-unsaturated/α-hetero) is 1. The molecule has 0 saturated heterocycles. The van der Waals surface area contributed by atoms with Crippen molar-refractivity contribution in [1.82, 2.24) is 0 Å². The van der Waals surface area contributed by atoms with Gasteiger partial charge in [-0.15, -0.1) is 0 Å². The maximum atomic E-state index is 13.1. The first kappa shape index (κ1) is 12.6. The Morgan fingerprint density at radius 1 is 1.33 bits per heavy atom. The highest BCUT2D eigenvalue weighted by molar-refractivity contribution is 5.85. The molecule has 2 rings (SSSR count). The largest absolute Gasteiger partial charge is 0.299 e. The van der Waals surface area contributed by atoms with Gasteiger partial charge in [0.25, 0.3) is 0 Å². The number of ketones is 1. The van der Waals surface area contributed by atoms with Crippen LogP contribution < -0.4 is 0 Å². The van der Waals surface area contributed by atoms with Gasteiger partial charge in [0.05, 0.1) is 0 Å². The molecular formula is C11H10F2MgO. The molecule has 1 fully saturated rings. The van der Waals surface area contributed by atoms with Crippen molar-refractivity contribution < 1.29 is 13.6 Å². The highest BCUT2D eigenvalue weighted by Crippen LogP contribution is 2.31. The molecule has 76 valence electrons. The zero-order chi connectivity index (χ0) is 10.1. The van der Waals surface area contributed by atoms with E-state index in [0.717, 1.165) is 18.9 Å². The van der Waals surface area contributed by atoms with E-state index in [4.69, 9.17) is 0 Å². The topological polar surface area (TPSA) is 17.1 Å². The first-order valence-electron chi connectivity index (χ1n) is 4.63. The van der Waals surface area contributed by atoms with Crippen molar-refractivity contribution >= 4 is 28.8 Å². The van der Waals surface area contributed by atoms with Crippen molar-refractivity contribution in [3.05, 3.63) is 35.4 Å². The molecule has 0 spiro atoms. The Morgan fingerprint density at radius 3 is 2.53 bits per heavy atom. The lowest BCUT2D eigenvalue weighted by atomic mass is 10.1. The normalized spacial score (nSPS) is 14.5. The van der Waals surface area contributed by atoms with Crippen LogP contribution in [0.3, 0.4) is 0 Å². The van der Waals surface area contributed by atoms with Gasteiger partial charge in [-0.1, -0.05) is 6.07 Å². The molecule has 1 aromatic carbocycles. The van der Waals surface area contributed by atoms with Crippen LogP contribution in [0.1, 0.15) is 18.4 Å². The lowest BCUT2D eigenvalue weighted by molar-refractivity contribution is -0.119. The van der Waals surface area contributed by atoms with E-state index in [0.29, 0.717) is 5.56 Å². The number of carbonyl (C=O) groups excluding carboxylic acids is 1. The predicted octanol–water partition coefficient (Wildman–Crippen LogP) is 2.11. The van der Waals surface area contributed by atoms with Gasteiger partial charge in [0.1, 0.15) is 17.4 Å². The van der Waals surface area contributed by atoms with Gasteiger partial charge in [0.2, 0.25) is 0 Å². The Morgan fingerprint density at radius 2 is 2.00 bits per heavy atom. The number of hydrogen-bond donors (Lipinski definition) is 0. The molecule has 0 aromatic heterocycles. The van der Waals surface area contributed by atoms with E-state index in [1.807, 2.05) is 0 Å². The van der Waals surface area contributed by atoms with E-state index in [-0.39, 0.29) is 41.2 Å². The fourth-order valence-corrected chi connectivity index (χ4v) is 1.40. The van der Waals surface area contributed by atoms with E-state index < -0.39 is 11.6 Å². The van der Waals surface area contributed by atoms with E-state index in [1.54, 1.807) is 0 Å². The van der Waals surface area contributed by atoms with Gasteiger partial charge in [-0.25, -0.2) is 8.78 Å². The van der Waals surface area contributed by atoms with Crippen molar-refractivity contribution in [2.24, 2.45) is 5.92 Å². The third-order valence-corrected chi connectivity index (χ3v) is 2.41. The fraction of sp³-hybridized carbons (Fsp3) is 0.364. The molecule has 15 heavy (non-hydrogen) atoms. The molecule has 1 aliphatic rings. The van der Waals surface area contributed by atoms with Gasteiger partial charge in [-0.2, -0.15) is 0 Å². The SMILES string of the molecule is O=C(Cc1ccc(F)cc1F)C1CC1.[Mg]. The van der Waals surface area contributed by atoms with Gasteiger partial charge < -0.3 is 0 Å². The summed E-state index contributed by atoms with van der Waals surface area (Å²) >= 11 is 0. The number of carbonyl (C=O) groups is 1. The fourth-order valence-electron chi connectivity index (χ4n) is 1.40. The Balaban J connectivity index is 0.00000112. The van der Waals surface area contributed by atoms with Crippen molar-refractivity contribution in [1.29, 1.82) is 0 Å². The van der Waals surface area contributed by atoms with Gasteiger partial charge in [0, 0.05) is 41.5 Å². The summed E-state index contributed by atoms with van der Waals surface area (Å²) in [5.41, 5.74) is 0.295. The van der Waals surface area contributed by atoms with Crippen LogP contribution in [0.25, 0.3) is 0 Å². The summed E-state index contributed by atoms with van der Waals surface area (Å²) in [4.78, 5) is 11.4. The minimum Gasteiger partial charge on any atom is -0.299 e. The molecule has 1 aliphatic carbocycles. The van der Waals surface area contributed by atoms with Crippen LogP contribution in [0.2, 0.25) is 0 Å². The van der Waals surface area contributed by atoms with Gasteiger partial charge in [-0.05, 0) is 24.5 Å². The van der Waals surface area contributed by atoms with E-state index in [2.05, 4.69) is 0 Å². The molecule has 0 N–H and O–H groups in total. The first-order valence-corrected chi connectivity index (χ1v) is 4.63. The summed E-state index contributed by atoms with van der Waals surface area (Å²) in [6, 6.07) is 3.33. The summed E-state index contributed by atoms with van der Waals surface area (Å²) in [5, 5.41) is 0. The Bertz CT molecular complexity index is 375. The zero-order valence-corrected chi connectivity index (χ0v) is 9.72. The lowest BCUT2D eigenvalue weighted by Crippen LogP contribution is -2.06. The van der Waals surface area contributed by atoms with Crippen LogP contribution in [0.15, 0.2) is 18.2 Å². The molecule has 0 heterocycles. The van der Waals surface area contributed by atoms with Crippen molar-refractivity contribution in [3.8, 4) is 0 Å². The molecule has 1 saturated carbocycles. The van der Waals surface area contributed by atoms with E-state index in [9.17, 15) is 13.6 Å². The molecule has 0 unspecified atom stereocenters.